The van der Waals surface area contributed by atoms with Crippen LogP contribution in [-0.4, -0.2) is 23.6 Å². The minimum absolute atomic E-state index is 0.135. The molecule has 0 aromatic heterocycles. The van der Waals surface area contributed by atoms with Crippen LogP contribution in [0, 0.1) is 0 Å². The quantitative estimate of drug-likeness (QED) is 0.697. The van der Waals surface area contributed by atoms with E-state index < -0.39 is 0 Å². The Bertz CT molecular complexity index is 412. The van der Waals surface area contributed by atoms with Gasteiger partial charge in [-0.2, -0.15) is 0 Å². The predicted octanol–water partition coefficient (Wildman–Crippen LogP) is 1.65. The van der Waals surface area contributed by atoms with Gasteiger partial charge >= 0.3 is 0 Å². The first-order valence-corrected chi connectivity index (χ1v) is 5.98. The van der Waals surface area contributed by atoms with E-state index in [4.69, 9.17) is 0 Å². The molecule has 0 spiro atoms. The third kappa shape index (κ3) is 2.97. The fourth-order valence-electron chi connectivity index (χ4n) is 2.27. The summed E-state index contributed by atoms with van der Waals surface area (Å²) in [5, 5.41) is 15.9. The maximum atomic E-state index is 11.1. The Balaban J connectivity index is 2.19. The van der Waals surface area contributed by atoms with E-state index in [-0.39, 0.29) is 11.7 Å². The molecule has 1 aromatic carbocycles. The molecule has 2 rings (SSSR count). The van der Waals surface area contributed by atoms with Crippen molar-refractivity contribution in [2.45, 2.75) is 32.2 Å². The zero-order chi connectivity index (χ0) is 12.3. The van der Waals surface area contributed by atoms with Crippen LogP contribution in [0.4, 0.5) is 5.69 Å². The highest BCUT2D eigenvalue weighted by Gasteiger charge is 2.17. The third-order valence-electron chi connectivity index (χ3n) is 3.06. The Morgan fingerprint density at radius 3 is 3.06 bits per heavy atom. The lowest BCUT2D eigenvalue weighted by molar-refractivity contribution is -0.114. The Morgan fingerprint density at radius 1 is 1.59 bits per heavy atom. The molecule has 1 aliphatic heterocycles. The molecule has 1 saturated heterocycles. The van der Waals surface area contributed by atoms with Crippen molar-refractivity contribution in [2.24, 2.45) is 0 Å². The van der Waals surface area contributed by atoms with Gasteiger partial charge in [-0.3, -0.25) is 4.79 Å². The largest absolute Gasteiger partial charge is 0.506 e. The van der Waals surface area contributed by atoms with Crippen molar-refractivity contribution >= 4 is 11.6 Å². The van der Waals surface area contributed by atoms with Crippen molar-refractivity contribution < 1.29 is 9.90 Å². The molecule has 92 valence electrons. The van der Waals surface area contributed by atoms with Crippen LogP contribution in [0.25, 0.3) is 0 Å². The van der Waals surface area contributed by atoms with Crippen molar-refractivity contribution in [1.82, 2.24) is 5.32 Å². The van der Waals surface area contributed by atoms with Crippen molar-refractivity contribution in [3.63, 3.8) is 0 Å². The molecular formula is C13H18N2O2. The molecule has 3 N–H and O–H groups in total. The SMILES string of the molecule is CC(=O)Nc1c(O)cccc1CC1CCCN1. The lowest BCUT2D eigenvalue weighted by Crippen LogP contribution is -2.24. The molecule has 1 heterocycles. The van der Waals surface area contributed by atoms with Crippen LogP contribution < -0.4 is 10.6 Å². The van der Waals surface area contributed by atoms with Crippen LogP contribution in [0.15, 0.2) is 18.2 Å². The van der Waals surface area contributed by atoms with Crippen LogP contribution in [0.1, 0.15) is 25.3 Å². The molecule has 0 radical (unpaired) electrons. The molecule has 1 amide bonds. The van der Waals surface area contributed by atoms with Gasteiger partial charge in [0.1, 0.15) is 5.75 Å². The number of carbonyl (C=O) groups is 1. The molecule has 17 heavy (non-hydrogen) atoms. The number of hydrogen-bond acceptors (Lipinski definition) is 3. The normalized spacial score (nSPS) is 19.2. The summed E-state index contributed by atoms with van der Waals surface area (Å²) in [6.07, 6.45) is 3.18. The van der Waals surface area contributed by atoms with Crippen molar-refractivity contribution in [1.29, 1.82) is 0 Å². The average molecular weight is 234 g/mol. The summed E-state index contributed by atoms with van der Waals surface area (Å²) in [6, 6.07) is 5.80. The number of aromatic hydroxyl groups is 1. The van der Waals surface area contributed by atoms with E-state index in [0.29, 0.717) is 11.7 Å². The standard InChI is InChI=1S/C13H18N2O2/c1-9(16)15-13-10(4-2-6-12(13)17)8-11-5-3-7-14-11/h2,4,6,11,14,17H,3,5,7-8H2,1H3,(H,15,16). The van der Waals surface area contributed by atoms with E-state index in [1.807, 2.05) is 12.1 Å². The third-order valence-corrected chi connectivity index (χ3v) is 3.06. The lowest BCUT2D eigenvalue weighted by Gasteiger charge is -2.15. The van der Waals surface area contributed by atoms with E-state index >= 15 is 0 Å². The number of carbonyl (C=O) groups excluding carboxylic acids is 1. The van der Waals surface area contributed by atoms with Crippen LogP contribution >= 0.6 is 0 Å². The van der Waals surface area contributed by atoms with Gasteiger partial charge in [0.05, 0.1) is 5.69 Å². The molecule has 1 unspecified atom stereocenters. The highest BCUT2D eigenvalue weighted by molar-refractivity contribution is 5.91. The number of phenols is 1. The zero-order valence-corrected chi connectivity index (χ0v) is 9.99. The molecular weight excluding hydrogens is 216 g/mol. The monoisotopic (exact) mass is 234 g/mol. The average Bonchev–Trinajstić information content (AvgIpc) is 2.75. The summed E-state index contributed by atoms with van der Waals surface area (Å²) < 4.78 is 0. The summed E-state index contributed by atoms with van der Waals surface area (Å²) in [5.74, 6) is -0.0252. The smallest absolute Gasteiger partial charge is 0.221 e. The Morgan fingerprint density at radius 2 is 2.41 bits per heavy atom. The molecule has 0 aliphatic carbocycles. The predicted molar refractivity (Wildman–Crippen MR) is 67.1 cm³/mol. The van der Waals surface area contributed by atoms with Crippen LogP contribution in [0.5, 0.6) is 5.75 Å². The van der Waals surface area contributed by atoms with E-state index in [1.54, 1.807) is 6.07 Å². The first-order chi connectivity index (χ1) is 8.16. The van der Waals surface area contributed by atoms with Crippen molar-refractivity contribution in [3.05, 3.63) is 23.8 Å². The molecule has 1 aliphatic rings. The second kappa shape index (κ2) is 5.19. The molecule has 4 nitrogen and oxygen atoms in total. The fourth-order valence-corrected chi connectivity index (χ4v) is 2.27. The topological polar surface area (TPSA) is 61.4 Å². The summed E-state index contributed by atoms with van der Waals surface area (Å²) >= 11 is 0. The number of para-hydroxylation sites is 1. The summed E-state index contributed by atoms with van der Waals surface area (Å²) in [5.41, 5.74) is 1.54. The number of amides is 1. The van der Waals surface area contributed by atoms with Crippen LogP contribution in [-0.2, 0) is 11.2 Å². The maximum absolute atomic E-state index is 11.1. The van der Waals surface area contributed by atoms with Crippen LogP contribution in [0.3, 0.4) is 0 Å². The second-order valence-corrected chi connectivity index (χ2v) is 4.49. The Kier molecular flexibility index (Phi) is 3.64. The number of anilines is 1. The number of phenolic OH excluding ortho intramolecular Hbond substituents is 1. The van der Waals surface area contributed by atoms with E-state index in [2.05, 4.69) is 10.6 Å². The minimum atomic E-state index is -0.160. The Labute approximate surface area is 101 Å². The molecule has 0 saturated carbocycles. The minimum Gasteiger partial charge on any atom is -0.506 e. The lowest BCUT2D eigenvalue weighted by atomic mass is 10.0. The summed E-state index contributed by atoms with van der Waals surface area (Å²) in [7, 11) is 0. The molecule has 1 aromatic rings. The summed E-state index contributed by atoms with van der Waals surface area (Å²) in [4.78, 5) is 11.1. The van der Waals surface area contributed by atoms with Crippen molar-refractivity contribution in [3.8, 4) is 5.75 Å². The number of nitrogens with one attached hydrogen (secondary N) is 2. The summed E-state index contributed by atoms with van der Waals surface area (Å²) in [6.45, 7) is 2.50. The van der Waals surface area contributed by atoms with Crippen LogP contribution in [0.2, 0.25) is 0 Å². The van der Waals surface area contributed by atoms with Gasteiger partial charge < -0.3 is 15.7 Å². The first kappa shape index (κ1) is 11.9. The van der Waals surface area contributed by atoms with Gasteiger partial charge in [-0.15, -0.1) is 0 Å². The second-order valence-electron chi connectivity index (χ2n) is 4.49. The molecule has 4 heteroatoms. The van der Waals surface area contributed by atoms with Gasteiger partial charge in [0.15, 0.2) is 0 Å². The van der Waals surface area contributed by atoms with E-state index in [0.717, 1.165) is 24.9 Å². The highest BCUT2D eigenvalue weighted by atomic mass is 16.3. The highest BCUT2D eigenvalue weighted by Crippen LogP contribution is 2.29. The maximum Gasteiger partial charge on any atom is 0.221 e. The zero-order valence-electron chi connectivity index (χ0n) is 9.99. The number of hydrogen-bond donors (Lipinski definition) is 3. The van der Waals surface area contributed by atoms with Gasteiger partial charge in [-0.1, -0.05) is 12.1 Å². The van der Waals surface area contributed by atoms with Gasteiger partial charge in [0.25, 0.3) is 0 Å². The molecule has 1 fully saturated rings. The van der Waals surface area contributed by atoms with Gasteiger partial charge in [0.2, 0.25) is 5.91 Å². The fraction of sp³-hybridized carbons (Fsp3) is 0.462. The van der Waals surface area contributed by atoms with Crippen molar-refractivity contribution in [2.75, 3.05) is 11.9 Å². The van der Waals surface area contributed by atoms with Gasteiger partial charge in [0, 0.05) is 13.0 Å². The van der Waals surface area contributed by atoms with E-state index in [9.17, 15) is 9.90 Å². The van der Waals surface area contributed by atoms with Gasteiger partial charge in [-0.25, -0.2) is 0 Å². The molecule has 0 bridgehead atoms. The first-order valence-electron chi connectivity index (χ1n) is 5.98. The van der Waals surface area contributed by atoms with Gasteiger partial charge in [-0.05, 0) is 37.4 Å². The number of benzene rings is 1. The number of rotatable bonds is 3. The van der Waals surface area contributed by atoms with E-state index in [1.165, 1.54) is 13.3 Å². The Hall–Kier alpha value is -1.55. The molecule has 1 atom stereocenters.